The molecule has 164 valence electrons. The minimum atomic E-state index is 0.130. The number of carbonyl (C=O) groups is 2. The third-order valence-electron chi connectivity index (χ3n) is 7.02. The smallest absolute Gasteiger partial charge is 0.253 e. The number of rotatable bonds is 5. The molecule has 0 N–H and O–H groups in total. The normalized spacial score (nSPS) is 23.3. The standard InChI is InChI=1S/C25H36N2O3/c28-24(26-15-5-2-6-16-26)22-11-13-23(14-12-22)30-19-20-8-7-17-27(18-20)25(29)21-9-3-1-4-10-21/h11-14,20-21H,1-10,15-19H2/t20-/m0/s1. The molecule has 0 spiro atoms. The zero-order chi connectivity index (χ0) is 20.8. The molecule has 2 saturated heterocycles. The van der Waals surface area contributed by atoms with E-state index in [-0.39, 0.29) is 11.8 Å². The van der Waals surface area contributed by atoms with Crippen LogP contribution in [0.1, 0.15) is 74.6 Å². The number of benzene rings is 1. The molecule has 4 rings (SSSR count). The fraction of sp³-hybridized carbons (Fsp3) is 0.680. The molecule has 3 aliphatic rings. The fourth-order valence-corrected chi connectivity index (χ4v) is 5.20. The molecule has 2 heterocycles. The summed E-state index contributed by atoms with van der Waals surface area (Å²) in [6.45, 7) is 4.09. The summed E-state index contributed by atoms with van der Waals surface area (Å²) in [6, 6.07) is 7.58. The molecule has 1 saturated carbocycles. The zero-order valence-corrected chi connectivity index (χ0v) is 18.2. The van der Waals surface area contributed by atoms with Crippen molar-refractivity contribution in [1.29, 1.82) is 0 Å². The van der Waals surface area contributed by atoms with Crippen molar-refractivity contribution < 1.29 is 14.3 Å². The predicted molar refractivity (Wildman–Crippen MR) is 118 cm³/mol. The van der Waals surface area contributed by atoms with Gasteiger partial charge in [-0.25, -0.2) is 0 Å². The van der Waals surface area contributed by atoms with Crippen LogP contribution in [0.25, 0.3) is 0 Å². The highest BCUT2D eigenvalue weighted by atomic mass is 16.5. The third kappa shape index (κ3) is 5.35. The van der Waals surface area contributed by atoms with Crippen LogP contribution in [0.2, 0.25) is 0 Å². The lowest BCUT2D eigenvalue weighted by atomic mass is 9.87. The highest BCUT2D eigenvalue weighted by Gasteiger charge is 2.30. The Labute approximate surface area is 180 Å². The van der Waals surface area contributed by atoms with Crippen LogP contribution < -0.4 is 4.74 Å². The van der Waals surface area contributed by atoms with Crippen LogP contribution in [-0.4, -0.2) is 54.4 Å². The molecule has 0 bridgehead atoms. The Morgan fingerprint density at radius 3 is 2.20 bits per heavy atom. The summed E-state index contributed by atoms with van der Waals surface area (Å²) < 4.78 is 6.04. The van der Waals surface area contributed by atoms with Crippen LogP contribution in [0, 0.1) is 11.8 Å². The van der Waals surface area contributed by atoms with Gasteiger partial charge in [-0.1, -0.05) is 19.3 Å². The van der Waals surface area contributed by atoms with Crippen LogP contribution >= 0.6 is 0 Å². The third-order valence-corrected chi connectivity index (χ3v) is 7.02. The summed E-state index contributed by atoms with van der Waals surface area (Å²) in [6.07, 6.45) is 11.4. The molecular formula is C25H36N2O3. The molecule has 1 aromatic rings. The second kappa shape index (κ2) is 10.3. The van der Waals surface area contributed by atoms with Crippen LogP contribution in [0.3, 0.4) is 0 Å². The average Bonchev–Trinajstić information content (AvgIpc) is 2.83. The van der Waals surface area contributed by atoms with Gasteiger partial charge in [-0.15, -0.1) is 0 Å². The Morgan fingerprint density at radius 1 is 0.800 bits per heavy atom. The second-order valence-corrected chi connectivity index (χ2v) is 9.32. The average molecular weight is 413 g/mol. The van der Waals surface area contributed by atoms with E-state index in [4.69, 9.17) is 4.74 Å². The number of piperidine rings is 2. The van der Waals surface area contributed by atoms with Gasteiger partial charge >= 0.3 is 0 Å². The van der Waals surface area contributed by atoms with E-state index in [1.165, 1.54) is 25.7 Å². The topological polar surface area (TPSA) is 49.9 Å². The van der Waals surface area contributed by atoms with Gasteiger partial charge in [0.1, 0.15) is 5.75 Å². The van der Waals surface area contributed by atoms with E-state index in [2.05, 4.69) is 4.90 Å². The molecule has 5 nitrogen and oxygen atoms in total. The lowest BCUT2D eigenvalue weighted by Crippen LogP contribution is -2.44. The van der Waals surface area contributed by atoms with Crippen molar-refractivity contribution in [2.24, 2.45) is 11.8 Å². The van der Waals surface area contributed by atoms with Gasteiger partial charge in [0.25, 0.3) is 5.91 Å². The molecule has 1 atom stereocenters. The molecule has 0 unspecified atom stereocenters. The van der Waals surface area contributed by atoms with Crippen molar-refractivity contribution in [1.82, 2.24) is 9.80 Å². The maximum atomic E-state index is 12.9. The van der Waals surface area contributed by atoms with Gasteiger partial charge in [0.2, 0.25) is 5.91 Å². The number of hydrogen-bond acceptors (Lipinski definition) is 3. The molecule has 3 fully saturated rings. The number of carbonyl (C=O) groups excluding carboxylic acids is 2. The van der Waals surface area contributed by atoms with E-state index in [1.54, 1.807) is 0 Å². The maximum Gasteiger partial charge on any atom is 0.253 e. The van der Waals surface area contributed by atoms with E-state index < -0.39 is 0 Å². The zero-order valence-electron chi connectivity index (χ0n) is 18.2. The van der Waals surface area contributed by atoms with Crippen molar-refractivity contribution in [2.45, 2.75) is 64.2 Å². The Bertz CT molecular complexity index is 706. The molecule has 30 heavy (non-hydrogen) atoms. The molecule has 5 heteroatoms. The Hall–Kier alpha value is -2.04. The summed E-state index contributed by atoms with van der Waals surface area (Å²) in [5.74, 6) is 1.95. The van der Waals surface area contributed by atoms with Gasteiger partial charge in [0, 0.05) is 43.6 Å². The SMILES string of the molecule is O=C(c1ccc(OC[C@H]2CCCN(C(=O)C3CCCCC3)C2)cc1)N1CCCCC1. The molecule has 0 radical (unpaired) electrons. The van der Waals surface area contributed by atoms with Gasteiger partial charge in [-0.3, -0.25) is 9.59 Å². The number of likely N-dealkylation sites (tertiary alicyclic amines) is 2. The van der Waals surface area contributed by atoms with E-state index in [1.807, 2.05) is 29.2 Å². The van der Waals surface area contributed by atoms with Crippen molar-refractivity contribution in [3.05, 3.63) is 29.8 Å². The summed E-state index contributed by atoms with van der Waals surface area (Å²) in [4.78, 5) is 29.5. The summed E-state index contributed by atoms with van der Waals surface area (Å²) in [5, 5.41) is 0. The van der Waals surface area contributed by atoms with Gasteiger partial charge in [-0.2, -0.15) is 0 Å². The van der Waals surface area contributed by atoms with Gasteiger partial charge in [0.05, 0.1) is 6.61 Å². The van der Waals surface area contributed by atoms with Gasteiger partial charge < -0.3 is 14.5 Å². The number of nitrogens with zero attached hydrogens (tertiary/aromatic N) is 2. The van der Waals surface area contributed by atoms with Crippen molar-refractivity contribution >= 4 is 11.8 Å². The van der Waals surface area contributed by atoms with E-state index in [0.717, 1.165) is 76.0 Å². The minimum Gasteiger partial charge on any atom is -0.493 e. The maximum absolute atomic E-state index is 12.9. The first kappa shape index (κ1) is 21.2. The summed E-state index contributed by atoms with van der Waals surface area (Å²) in [5.41, 5.74) is 0.742. The fourth-order valence-electron chi connectivity index (χ4n) is 5.20. The first-order valence-electron chi connectivity index (χ1n) is 12.0. The Kier molecular flexibility index (Phi) is 7.29. The van der Waals surface area contributed by atoms with E-state index >= 15 is 0 Å². The Balaban J connectivity index is 1.25. The largest absolute Gasteiger partial charge is 0.493 e. The number of ether oxygens (including phenoxy) is 1. The van der Waals surface area contributed by atoms with E-state index in [9.17, 15) is 9.59 Å². The van der Waals surface area contributed by atoms with Crippen LogP contribution in [-0.2, 0) is 4.79 Å². The molecule has 1 aromatic carbocycles. The van der Waals surface area contributed by atoms with Crippen molar-refractivity contribution in [2.75, 3.05) is 32.8 Å². The molecular weight excluding hydrogens is 376 g/mol. The first-order valence-corrected chi connectivity index (χ1v) is 12.0. The van der Waals surface area contributed by atoms with Crippen LogP contribution in [0.5, 0.6) is 5.75 Å². The monoisotopic (exact) mass is 412 g/mol. The number of amides is 2. The second-order valence-electron chi connectivity index (χ2n) is 9.32. The lowest BCUT2D eigenvalue weighted by Gasteiger charge is -2.35. The highest BCUT2D eigenvalue weighted by molar-refractivity contribution is 5.94. The molecule has 2 aliphatic heterocycles. The van der Waals surface area contributed by atoms with Gasteiger partial charge in [0.15, 0.2) is 0 Å². The molecule has 1 aliphatic carbocycles. The molecule has 2 amide bonds. The molecule has 0 aromatic heterocycles. The summed E-state index contributed by atoms with van der Waals surface area (Å²) in [7, 11) is 0. The summed E-state index contributed by atoms with van der Waals surface area (Å²) >= 11 is 0. The van der Waals surface area contributed by atoms with E-state index in [0.29, 0.717) is 18.4 Å². The predicted octanol–water partition coefficient (Wildman–Crippen LogP) is 4.51. The lowest BCUT2D eigenvalue weighted by molar-refractivity contribution is -0.138. The Morgan fingerprint density at radius 2 is 1.47 bits per heavy atom. The van der Waals surface area contributed by atoms with Crippen molar-refractivity contribution in [3.63, 3.8) is 0 Å². The van der Waals surface area contributed by atoms with Crippen LogP contribution in [0.15, 0.2) is 24.3 Å². The quantitative estimate of drug-likeness (QED) is 0.715. The minimum absolute atomic E-state index is 0.130. The first-order chi connectivity index (χ1) is 14.7. The van der Waals surface area contributed by atoms with Crippen molar-refractivity contribution in [3.8, 4) is 5.75 Å². The van der Waals surface area contributed by atoms with Gasteiger partial charge in [-0.05, 0) is 69.2 Å². The number of hydrogen-bond donors (Lipinski definition) is 0. The van der Waals surface area contributed by atoms with Crippen LogP contribution in [0.4, 0.5) is 0 Å². The highest BCUT2D eigenvalue weighted by Crippen LogP contribution is 2.28.